The van der Waals surface area contributed by atoms with Crippen LogP contribution < -0.4 is 20.1 Å². The van der Waals surface area contributed by atoms with E-state index in [1.807, 2.05) is 31.2 Å². The zero-order valence-corrected chi connectivity index (χ0v) is 13.1. The molecule has 0 saturated carbocycles. The Kier molecular flexibility index (Phi) is 4.55. The average Bonchev–Trinajstić information content (AvgIpc) is 3.00. The number of benzene rings is 1. The van der Waals surface area contributed by atoms with Gasteiger partial charge >= 0.3 is 6.03 Å². The SMILES string of the molecule is CCCN(CC1COc2ccccc2O1)C(=O)C1CNC(=O)N1. The van der Waals surface area contributed by atoms with E-state index in [-0.39, 0.29) is 18.0 Å². The summed E-state index contributed by atoms with van der Waals surface area (Å²) < 4.78 is 11.6. The molecule has 1 aromatic rings. The third-order valence-electron chi connectivity index (χ3n) is 3.87. The van der Waals surface area contributed by atoms with Crippen molar-refractivity contribution < 1.29 is 19.1 Å². The molecule has 0 aromatic heterocycles. The summed E-state index contributed by atoms with van der Waals surface area (Å²) in [6.45, 7) is 3.79. The maximum atomic E-state index is 12.6. The molecule has 124 valence electrons. The van der Waals surface area contributed by atoms with Crippen LogP contribution in [0.2, 0.25) is 0 Å². The Morgan fingerprint density at radius 1 is 1.35 bits per heavy atom. The normalized spacial score (nSPS) is 22.2. The Morgan fingerprint density at radius 3 is 2.83 bits per heavy atom. The van der Waals surface area contributed by atoms with E-state index in [1.54, 1.807) is 4.90 Å². The molecule has 0 spiro atoms. The summed E-state index contributed by atoms with van der Waals surface area (Å²) >= 11 is 0. The number of rotatable bonds is 5. The van der Waals surface area contributed by atoms with E-state index in [0.29, 0.717) is 32.0 Å². The van der Waals surface area contributed by atoms with Crippen LogP contribution in [0.25, 0.3) is 0 Å². The molecule has 0 aliphatic carbocycles. The number of nitrogens with one attached hydrogen (secondary N) is 2. The highest BCUT2D eigenvalue weighted by Gasteiger charge is 2.32. The lowest BCUT2D eigenvalue weighted by Crippen LogP contribution is -2.50. The fraction of sp³-hybridized carbons (Fsp3) is 0.500. The quantitative estimate of drug-likeness (QED) is 0.839. The fourth-order valence-corrected chi connectivity index (χ4v) is 2.78. The number of amides is 3. The molecule has 2 N–H and O–H groups in total. The molecule has 2 aliphatic heterocycles. The van der Waals surface area contributed by atoms with Crippen LogP contribution in [0, 0.1) is 0 Å². The monoisotopic (exact) mass is 319 g/mol. The number of hydrogen-bond donors (Lipinski definition) is 2. The highest BCUT2D eigenvalue weighted by atomic mass is 16.6. The zero-order chi connectivity index (χ0) is 16.2. The molecular formula is C16H21N3O4. The smallest absolute Gasteiger partial charge is 0.315 e. The van der Waals surface area contributed by atoms with Gasteiger partial charge in [0.2, 0.25) is 5.91 Å². The summed E-state index contributed by atoms with van der Waals surface area (Å²) in [5, 5.41) is 5.24. The first-order valence-electron chi connectivity index (χ1n) is 7.89. The molecule has 2 atom stereocenters. The predicted molar refractivity (Wildman–Crippen MR) is 83.5 cm³/mol. The van der Waals surface area contributed by atoms with Gasteiger partial charge in [-0.15, -0.1) is 0 Å². The number of carbonyl (C=O) groups excluding carboxylic acids is 2. The van der Waals surface area contributed by atoms with E-state index in [1.165, 1.54) is 0 Å². The molecule has 3 rings (SSSR count). The largest absolute Gasteiger partial charge is 0.486 e. The van der Waals surface area contributed by atoms with Gasteiger partial charge < -0.3 is 25.0 Å². The number of hydrogen-bond acceptors (Lipinski definition) is 4. The van der Waals surface area contributed by atoms with Crippen LogP contribution in [-0.4, -0.2) is 55.2 Å². The number of nitrogens with zero attached hydrogens (tertiary/aromatic N) is 1. The lowest BCUT2D eigenvalue weighted by Gasteiger charge is -2.32. The minimum atomic E-state index is -0.508. The second kappa shape index (κ2) is 6.76. The van der Waals surface area contributed by atoms with Crippen LogP contribution in [0.3, 0.4) is 0 Å². The first-order valence-corrected chi connectivity index (χ1v) is 7.89. The van der Waals surface area contributed by atoms with Gasteiger partial charge in [-0.1, -0.05) is 19.1 Å². The number of fused-ring (bicyclic) bond motifs is 1. The summed E-state index contributed by atoms with van der Waals surface area (Å²) in [7, 11) is 0. The number of ether oxygens (including phenoxy) is 2. The van der Waals surface area contributed by atoms with Crippen molar-refractivity contribution in [2.24, 2.45) is 0 Å². The van der Waals surface area contributed by atoms with Gasteiger partial charge in [-0.05, 0) is 18.6 Å². The van der Waals surface area contributed by atoms with Crippen LogP contribution in [0.5, 0.6) is 11.5 Å². The first-order chi connectivity index (χ1) is 11.2. The van der Waals surface area contributed by atoms with Crippen LogP contribution in [0.1, 0.15) is 13.3 Å². The van der Waals surface area contributed by atoms with Crippen molar-refractivity contribution in [3.05, 3.63) is 24.3 Å². The van der Waals surface area contributed by atoms with Gasteiger partial charge in [-0.2, -0.15) is 0 Å². The number of para-hydroxylation sites is 2. The van der Waals surface area contributed by atoms with Crippen LogP contribution in [0.4, 0.5) is 4.79 Å². The van der Waals surface area contributed by atoms with E-state index >= 15 is 0 Å². The molecule has 2 aliphatic rings. The van der Waals surface area contributed by atoms with Crippen molar-refractivity contribution in [2.45, 2.75) is 25.5 Å². The summed E-state index contributed by atoms with van der Waals surface area (Å²) in [6.07, 6.45) is 0.620. The third-order valence-corrected chi connectivity index (χ3v) is 3.87. The molecule has 2 unspecified atom stereocenters. The van der Waals surface area contributed by atoms with E-state index in [0.717, 1.165) is 12.2 Å². The molecule has 3 amide bonds. The molecule has 1 fully saturated rings. The molecule has 1 saturated heterocycles. The number of carbonyl (C=O) groups is 2. The van der Waals surface area contributed by atoms with Crippen molar-refractivity contribution in [1.29, 1.82) is 0 Å². The van der Waals surface area contributed by atoms with Crippen LogP contribution in [-0.2, 0) is 4.79 Å². The van der Waals surface area contributed by atoms with Gasteiger partial charge in [-0.3, -0.25) is 4.79 Å². The minimum absolute atomic E-state index is 0.0901. The van der Waals surface area contributed by atoms with Crippen molar-refractivity contribution in [2.75, 3.05) is 26.2 Å². The van der Waals surface area contributed by atoms with Gasteiger partial charge in [0.1, 0.15) is 12.6 Å². The first kappa shape index (κ1) is 15.5. The van der Waals surface area contributed by atoms with Gasteiger partial charge in [0.25, 0.3) is 0 Å². The average molecular weight is 319 g/mol. The third kappa shape index (κ3) is 3.49. The Morgan fingerprint density at radius 2 is 2.13 bits per heavy atom. The van der Waals surface area contributed by atoms with E-state index in [2.05, 4.69) is 10.6 Å². The minimum Gasteiger partial charge on any atom is -0.486 e. The van der Waals surface area contributed by atoms with Gasteiger partial charge in [0.15, 0.2) is 17.6 Å². The number of urea groups is 1. The summed E-state index contributed by atoms with van der Waals surface area (Å²) in [5.74, 6) is 1.33. The molecule has 2 heterocycles. The van der Waals surface area contributed by atoms with Crippen molar-refractivity contribution in [1.82, 2.24) is 15.5 Å². The summed E-state index contributed by atoms with van der Waals surface area (Å²) in [5.41, 5.74) is 0. The lowest BCUT2D eigenvalue weighted by molar-refractivity contribution is -0.134. The van der Waals surface area contributed by atoms with Crippen molar-refractivity contribution >= 4 is 11.9 Å². The fourth-order valence-electron chi connectivity index (χ4n) is 2.78. The zero-order valence-electron chi connectivity index (χ0n) is 13.1. The Balaban J connectivity index is 1.63. The molecule has 7 heteroatoms. The highest BCUT2D eigenvalue weighted by molar-refractivity contribution is 5.90. The van der Waals surface area contributed by atoms with Gasteiger partial charge in [-0.25, -0.2) is 4.79 Å². The van der Waals surface area contributed by atoms with E-state index in [4.69, 9.17) is 9.47 Å². The van der Waals surface area contributed by atoms with Crippen molar-refractivity contribution in [3.63, 3.8) is 0 Å². The maximum absolute atomic E-state index is 12.6. The standard InChI is InChI=1S/C16H21N3O4/c1-2-7-19(15(20)12-8-17-16(21)18-12)9-11-10-22-13-5-3-4-6-14(13)23-11/h3-6,11-12H,2,7-10H2,1H3,(H2,17,18,21). The lowest BCUT2D eigenvalue weighted by atomic mass is 10.2. The molecule has 23 heavy (non-hydrogen) atoms. The van der Waals surface area contributed by atoms with Gasteiger partial charge in [0.05, 0.1) is 6.54 Å². The van der Waals surface area contributed by atoms with Gasteiger partial charge in [0, 0.05) is 13.1 Å². The second-order valence-electron chi connectivity index (χ2n) is 5.69. The van der Waals surface area contributed by atoms with Crippen molar-refractivity contribution in [3.8, 4) is 11.5 Å². The molecular weight excluding hydrogens is 298 g/mol. The maximum Gasteiger partial charge on any atom is 0.315 e. The topological polar surface area (TPSA) is 79.9 Å². The second-order valence-corrected chi connectivity index (χ2v) is 5.69. The summed E-state index contributed by atoms with van der Waals surface area (Å²) in [4.78, 5) is 25.5. The Labute approximate surface area is 134 Å². The molecule has 7 nitrogen and oxygen atoms in total. The highest BCUT2D eigenvalue weighted by Crippen LogP contribution is 2.31. The summed E-state index contributed by atoms with van der Waals surface area (Å²) in [6, 6.07) is 6.69. The molecule has 0 radical (unpaired) electrons. The Bertz CT molecular complexity index is 592. The van der Waals surface area contributed by atoms with Crippen LogP contribution in [0.15, 0.2) is 24.3 Å². The molecule has 0 bridgehead atoms. The van der Waals surface area contributed by atoms with Crippen LogP contribution >= 0.6 is 0 Å². The van der Waals surface area contributed by atoms with E-state index in [9.17, 15) is 9.59 Å². The predicted octanol–water partition coefficient (Wildman–Crippen LogP) is 0.746. The molecule has 1 aromatic carbocycles. The Hall–Kier alpha value is -2.44. The van der Waals surface area contributed by atoms with E-state index < -0.39 is 6.04 Å².